The van der Waals surface area contributed by atoms with Gasteiger partial charge in [-0.3, -0.25) is 0 Å². The molecule has 1 N–H and O–H groups in total. The van der Waals surface area contributed by atoms with Crippen molar-refractivity contribution in [1.82, 2.24) is 14.6 Å². The molecule has 0 saturated carbocycles. The maximum atomic E-state index is 4.95. The normalized spacial score (nSPS) is 15.0. The lowest BCUT2D eigenvalue weighted by Crippen LogP contribution is -3.15. The van der Waals surface area contributed by atoms with Crippen molar-refractivity contribution in [1.29, 1.82) is 0 Å². The molecule has 1 aromatic carbocycles. The molecule has 29 heavy (non-hydrogen) atoms. The number of benzene rings is 1. The molecular formula is C24H30N5+. The number of anilines is 1. The van der Waals surface area contributed by atoms with Crippen LogP contribution in [0.1, 0.15) is 18.2 Å². The summed E-state index contributed by atoms with van der Waals surface area (Å²) in [6.07, 6.45) is 4.70. The van der Waals surface area contributed by atoms with Gasteiger partial charge < -0.3 is 9.80 Å². The van der Waals surface area contributed by atoms with Crippen molar-refractivity contribution in [2.24, 2.45) is 0 Å². The third-order valence-corrected chi connectivity index (χ3v) is 5.68. The standard InChI is InChI=1S/C24H29N5/c1-5-9-21-19(4)26-23-22(20-10-7-6-8-11-20)16-25-29(23)24(21)28-14-12-27(13-15-28)17-18(2)3/h5-8,10-11,16H,1-2,9,12-15,17H2,3-4H3/p+1. The fourth-order valence-electron chi connectivity index (χ4n) is 4.29. The predicted octanol–water partition coefficient (Wildman–Crippen LogP) is 2.71. The molecule has 1 saturated heterocycles. The van der Waals surface area contributed by atoms with E-state index in [1.807, 2.05) is 22.9 Å². The molecule has 3 aromatic rings. The van der Waals surface area contributed by atoms with Crippen LogP contribution in [0.3, 0.4) is 0 Å². The number of aromatic nitrogens is 3. The lowest BCUT2D eigenvalue weighted by Gasteiger charge is -2.35. The average Bonchev–Trinajstić information content (AvgIpc) is 3.13. The van der Waals surface area contributed by atoms with Crippen LogP contribution in [0.5, 0.6) is 0 Å². The zero-order chi connectivity index (χ0) is 20.4. The second kappa shape index (κ2) is 8.21. The molecule has 5 heteroatoms. The molecule has 0 unspecified atom stereocenters. The Kier molecular flexibility index (Phi) is 5.49. The van der Waals surface area contributed by atoms with Crippen LogP contribution >= 0.6 is 0 Å². The Hall–Kier alpha value is -2.92. The van der Waals surface area contributed by atoms with Gasteiger partial charge in [-0.2, -0.15) is 9.61 Å². The lowest BCUT2D eigenvalue weighted by atomic mass is 10.1. The van der Waals surface area contributed by atoms with Gasteiger partial charge in [-0.25, -0.2) is 4.98 Å². The minimum Gasteiger partial charge on any atom is -0.345 e. The van der Waals surface area contributed by atoms with Crippen LogP contribution < -0.4 is 9.80 Å². The third-order valence-electron chi connectivity index (χ3n) is 5.68. The van der Waals surface area contributed by atoms with E-state index in [0.717, 1.165) is 61.6 Å². The highest BCUT2D eigenvalue weighted by Gasteiger charge is 2.26. The maximum absolute atomic E-state index is 4.95. The first kappa shape index (κ1) is 19.4. The summed E-state index contributed by atoms with van der Waals surface area (Å²) in [6, 6.07) is 10.4. The first-order valence-corrected chi connectivity index (χ1v) is 10.3. The summed E-state index contributed by atoms with van der Waals surface area (Å²) in [5.41, 5.74) is 6.68. The first-order chi connectivity index (χ1) is 14.1. The minimum absolute atomic E-state index is 0.795. The molecule has 0 atom stereocenters. The molecule has 1 aliphatic heterocycles. The number of rotatable bonds is 6. The SMILES string of the molecule is C=CCc1c(C)nc2c(-c3ccccc3)cnn2c1N1CC[NH+](CC(=C)C)CC1. The summed E-state index contributed by atoms with van der Waals surface area (Å²) in [7, 11) is 0. The molecule has 0 aliphatic carbocycles. The van der Waals surface area contributed by atoms with Crippen molar-refractivity contribution in [3.05, 3.63) is 72.6 Å². The second-order valence-electron chi connectivity index (χ2n) is 8.02. The van der Waals surface area contributed by atoms with Gasteiger partial charge >= 0.3 is 0 Å². The number of allylic oxidation sites excluding steroid dienone is 1. The van der Waals surface area contributed by atoms with E-state index in [0.29, 0.717) is 0 Å². The van der Waals surface area contributed by atoms with Crippen molar-refractivity contribution < 1.29 is 4.90 Å². The molecule has 3 heterocycles. The summed E-state index contributed by atoms with van der Waals surface area (Å²) in [6.45, 7) is 17.6. The molecule has 0 bridgehead atoms. The molecule has 0 spiro atoms. The molecule has 150 valence electrons. The second-order valence-corrected chi connectivity index (χ2v) is 8.02. The summed E-state index contributed by atoms with van der Waals surface area (Å²) in [4.78, 5) is 9.03. The monoisotopic (exact) mass is 388 g/mol. The molecule has 0 amide bonds. The number of aryl methyl sites for hydroxylation is 1. The van der Waals surface area contributed by atoms with Gasteiger partial charge in [-0.1, -0.05) is 43.0 Å². The van der Waals surface area contributed by atoms with Gasteiger partial charge in [-0.05, 0) is 31.4 Å². The van der Waals surface area contributed by atoms with E-state index in [4.69, 9.17) is 10.1 Å². The van der Waals surface area contributed by atoms with Crippen molar-refractivity contribution in [3.8, 4) is 11.1 Å². The average molecular weight is 389 g/mol. The Labute approximate surface area is 173 Å². The van der Waals surface area contributed by atoms with Crippen LogP contribution in [-0.4, -0.2) is 47.3 Å². The predicted molar refractivity (Wildman–Crippen MR) is 120 cm³/mol. The molecular weight excluding hydrogens is 358 g/mol. The van der Waals surface area contributed by atoms with Crippen LogP contribution in [0.4, 0.5) is 5.82 Å². The van der Waals surface area contributed by atoms with Crippen LogP contribution in [0, 0.1) is 6.92 Å². The van der Waals surface area contributed by atoms with Gasteiger partial charge in [-0.15, -0.1) is 6.58 Å². The summed E-state index contributed by atoms with van der Waals surface area (Å²) in [5.74, 6) is 1.17. The molecule has 1 fully saturated rings. The third kappa shape index (κ3) is 3.83. The molecule has 5 nitrogen and oxygen atoms in total. The number of nitrogens with zero attached hydrogens (tertiary/aromatic N) is 4. The summed E-state index contributed by atoms with van der Waals surface area (Å²) in [5, 5.41) is 4.78. The largest absolute Gasteiger partial charge is 0.345 e. The number of nitrogens with one attached hydrogen (secondary N) is 1. The van der Waals surface area contributed by atoms with E-state index in [2.05, 4.69) is 56.2 Å². The van der Waals surface area contributed by atoms with E-state index in [1.54, 1.807) is 4.90 Å². The van der Waals surface area contributed by atoms with Gasteiger partial charge in [0.15, 0.2) is 5.65 Å². The van der Waals surface area contributed by atoms with Gasteiger partial charge in [0, 0.05) is 16.8 Å². The molecule has 4 rings (SSSR count). The quantitative estimate of drug-likeness (QED) is 0.660. The highest BCUT2D eigenvalue weighted by atomic mass is 15.4. The molecule has 0 radical (unpaired) electrons. The van der Waals surface area contributed by atoms with Crippen molar-refractivity contribution >= 4 is 11.5 Å². The first-order valence-electron chi connectivity index (χ1n) is 10.3. The van der Waals surface area contributed by atoms with Crippen molar-refractivity contribution in [2.45, 2.75) is 20.3 Å². The number of fused-ring (bicyclic) bond motifs is 1. The Morgan fingerprint density at radius 1 is 1.21 bits per heavy atom. The van der Waals surface area contributed by atoms with Gasteiger partial charge in [0.25, 0.3) is 0 Å². The fourth-order valence-corrected chi connectivity index (χ4v) is 4.29. The Morgan fingerprint density at radius 3 is 2.59 bits per heavy atom. The molecule has 1 aliphatic rings. The zero-order valence-corrected chi connectivity index (χ0v) is 17.5. The van der Waals surface area contributed by atoms with Crippen LogP contribution in [-0.2, 0) is 6.42 Å². The van der Waals surface area contributed by atoms with E-state index < -0.39 is 0 Å². The Morgan fingerprint density at radius 2 is 1.93 bits per heavy atom. The highest BCUT2D eigenvalue weighted by Crippen LogP contribution is 2.30. The highest BCUT2D eigenvalue weighted by molar-refractivity contribution is 5.79. The Bertz CT molecular complexity index is 1030. The van der Waals surface area contributed by atoms with Crippen molar-refractivity contribution in [2.75, 3.05) is 37.6 Å². The van der Waals surface area contributed by atoms with E-state index in [-0.39, 0.29) is 0 Å². The van der Waals surface area contributed by atoms with Gasteiger partial charge in [0.05, 0.1) is 38.9 Å². The number of piperazine rings is 1. The van der Waals surface area contributed by atoms with Gasteiger partial charge in [0.2, 0.25) is 0 Å². The van der Waals surface area contributed by atoms with E-state index in [1.165, 1.54) is 17.0 Å². The van der Waals surface area contributed by atoms with E-state index in [9.17, 15) is 0 Å². The van der Waals surface area contributed by atoms with Crippen LogP contribution in [0.15, 0.2) is 61.3 Å². The lowest BCUT2D eigenvalue weighted by molar-refractivity contribution is -0.895. The minimum atomic E-state index is 0.795. The number of hydrogen-bond donors (Lipinski definition) is 1. The Balaban J connectivity index is 1.77. The molecule has 2 aromatic heterocycles. The van der Waals surface area contributed by atoms with Crippen LogP contribution in [0.25, 0.3) is 16.8 Å². The maximum Gasteiger partial charge on any atom is 0.165 e. The topological polar surface area (TPSA) is 37.9 Å². The number of quaternary nitrogens is 1. The fraction of sp³-hybridized carbons (Fsp3) is 0.333. The smallest absolute Gasteiger partial charge is 0.165 e. The number of hydrogen-bond acceptors (Lipinski definition) is 3. The van der Waals surface area contributed by atoms with Crippen LogP contribution in [0.2, 0.25) is 0 Å². The summed E-state index contributed by atoms with van der Waals surface area (Å²) < 4.78 is 2.04. The van der Waals surface area contributed by atoms with E-state index >= 15 is 0 Å². The zero-order valence-electron chi connectivity index (χ0n) is 17.5. The van der Waals surface area contributed by atoms with Gasteiger partial charge in [0.1, 0.15) is 5.82 Å². The summed E-state index contributed by atoms with van der Waals surface area (Å²) >= 11 is 0. The van der Waals surface area contributed by atoms with Crippen molar-refractivity contribution in [3.63, 3.8) is 0 Å².